The number of carbonyl (C=O) groups is 1. The third-order valence-electron chi connectivity index (χ3n) is 4.87. The Morgan fingerprint density at radius 3 is 2.73 bits per heavy atom. The van der Waals surface area contributed by atoms with Gasteiger partial charge in [-0.15, -0.1) is 0 Å². The molecule has 6 heteroatoms. The summed E-state index contributed by atoms with van der Waals surface area (Å²) in [6.07, 6.45) is 0. The number of aryl methyl sites for hydroxylation is 1. The van der Waals surface area contributed by atoms with Crippen molar-refractivity contribution >= 4 is 33.7 Å². The summed E-state index contributed by atoms with van der Waals surface area (Å²) >= 11 is 0. The van der Waals surface area contributed by atoms with Crippen LogP contribution in [0.3, 0.4) is 0 Å². The Morgan fingerprint density at radius 2 is 1.97 bits per heavy atom. The highest BCUT2D eigenvalue weighted by molar-refractivity contribution is 6.10. The molecule has 30 heavy (non-hydrogen) atoms. The monoisotopic (exact) mass is 402 g/mol. The van der Waals surface area contributed by atoms with Crippen molar-refractivity contribution in [3.8, 4) is 5.75 Å². The number of hydrogen-bond donors (Lipinski definition) is 1. The Hall–Kier alpha value is -3.41. The number of fused-ring (bicyclic) bond motifs is 2. The van der Waals surface area contributed by atoms with E-state index in [0.29, 0.717) is 36.2 Å². The Balaban J connectivity index is 1.80. The quantitative estimate of drug-likeness (QED) is 0.481. The first-order valence-corrected chi connectivity index (χ1v) is 10.3. The SMILES string of the molecule is CCOc1ccccc1C(=O)Nc1nn(CC(C)C)c2nc3ccc(C)cc3cc12. The molecular formula is C24H26N4O2. The van der Waals surface area contributed by atoms with Crippen LogP contribution in [0.5, 0.6) is 5.75 Å². The van der Waals surface area contributed by atoms with E-state index in [1.807, 2.05) is 29.8 Å². The van der Waals surface area contributed by atoms with E-state index in [1.54, 1.807) is 12.1 Å². The molecular weight excluding hydrogens is 376 g/mol. The molecule has 0 fully saturated rings. The molecule has 1 amide bonds. The smallest absolute Gasteiger partial charge is 0.260 e. The van der Waals surface area contributed by atoms with Gasteiger partial charge in [-0.1, -0.05) is 37.6 Å². The number of carbonyl (C=O) groups excluding carboxylic acids is 1. The van der Waals surface area contributed by atoms with Gasteiger partial charge in [0.15, 0.2) is 11.5 Å². The maximum Gasteiger partial charge on any atom is 0.260 e. The molecule has 0 saturated carbocycles. The molecule has 0 radical (unpaired) electrons. The van der Waals surface area contributed by atoms with Gasteiger partial charge in [-0.05, 0) is 50.1 Å². The molecule has 0 atom stereocenters. The average Bonchev–Trinajstić information content (AvgIpc) is 3.02. The molecule has 0 aliphatic rings. The molecule has 2 heterocycles. The number of pyridine rings is 1. The lowest BCUT2D eigenvalue weighted by atomic mass is 10.1. The van der Waals surface area contributed by atoms with E-state index in [2.05, 4.69) is 44.3 Å². The van der Waals surface area contributed by atoms with E-state index in [1.165, 1.54) is 0 Å². The molecule has 0 unspecified atom stereocenters. The predicted molar refractivity (Wildman–Crippen MR) is 120 cm³/mol. The van der Waals surface area contributed by atoms with Crippen molar-refractivity contribution in [3.63, 3.8) is 0 Å². The average molecular weight is 402 g/mol. The van der Waals surface area contributed by atoms with Crippen LogP contribution < -0.4 is 10.1 Å². The van der Waals surface area contributed by atoms with Gasteiger partial charge >= 0.3 is 0 Å². The minimum absolute atomic E-state index is 0.250. The Bertz CT molecular complexity index is 1230. The van der Waals surface area contributed by atoms with Crippen LogP contribution in [-0.2, 0) is 6.54 Å². The van der Waals surface area contributed by atoms with Gasteiger partial charge in [0.2, 0.25) is 0 Å². The van der Waals surface area contributed by atoms with Crippen LogP contribution in [0.25, 0.3) is 21.9 Å². The Kier molecular flexibility index (Phi) is 5.40. The van der Waals surface area contributed by atoms with Gasteiger partial charge in [-0.25, -0.2) is 9.67 Å². The Morgan fingerprint density at radius 1 is 1.17 bits per heavy atom. The summed E-state index contributed by atoms with van der Waals surface area (Å²) in [5.41, 5.74) is 3.33. The fourth-order valence-electron chi connectivity index (χ4n) is 3.55. The number of ether oxygens (including phenoxy) is 1. The summed E-state index contributed by atoms with van der Waals surface area (Å²) in [7, 11) is 0. The van der Waals surface area contributed by atoms with Crippen molar-refractivity contribution in [1.29, 1.82) is 0 Å². The normalized spacial score (nSPS) is 11.4. The number of nitrogens with zero attached hydrogens (tertiary/aromatic N) is 3. The summed E-state index contributed by atoms with van der Waals surface area (Å²) in [5, 5.41) is 9.53. The maximum atomic E-state index is 13.0. The summed E-state index contributed by atoms with van der Waals surface area (Å²) in [5.74, 6) is 1.21. The lowest BCUT2D eigenvalue weighted by molar-refractivity contribution is 0.102. The van der Waals surface area contributed by atoms with E-state index in [4.69, 9.17) is 14.8 Å². The van der Waals surface area contributed by atoms with E-state index in [9.17, 15) is 4.79 Å². The van der Waals surface area contributed by atoms with Crippen LogP contribution >= 0.6 is 0 Å². The highest BCUT2D eigenvalue weighted by Crippen LogP contribution is 2.28. The third kappa shape index (κ3) is 3.85. The lowest BCUT2D eigenvalue weighted by Gasteiger charge is -2.09. The highest BCUT2D eigenvalue weighted by atomic mass is 16.5. The largest absolute Gasteiger partial charge is 0.493 e. The first-order chi connectivity index (χ1) is 14.5. The molecule has 0 aliphatic heterocycles. The lowest BCUT2D eigenvalue weighted by Crippen LogP contribution is -2.15. The fraction of sp³-hybridized carbons (Fsp3) is 0.292. The maximum absolute atomic E-state index is 13.0. The number of aromatic nitrogens is 3. The minimum atomic E-state index is -0.250. The standard InChI is InChI=1S/C24H26N4O2/c1-5-30-21-9-7-6-8-18(21)24(29)26-22-19-13-17-12-16(4)10-11-20(17)25-23(19)28(27-22)14-15(2)3/h6-13,15H,5,14H2,1-4H3,(H,26,27,29). The topological polar surface area (TPSA) is 69.0 Å². The highest BCUT2D eigenvalue weighted by Gasteiger charge is 2.19. The second-order valence-corrected chi connectivity index (χ2v) is 7.86. The zero-order valence-electron chi connectivity index (χ0n) is 17.8. The number of benzene rings is 2. The number of hydrogen-bond acceptors (Lipinski definition) is 4. The molecule has 154 valence electrons. The van der Waals surface area contributed by atoms with Gasteiger partial charge in [0, 0.05) is 11.9 Å². The predicted octanol–water partition coefficient (Wildman–Crippen LogP) is 5.20. The molecule has 0 spiro atoms. The first kappa shape index (κ1) is 19.9. The van der Waals surface area contributed by atoms with Gasteiger partial charge in [-0.2, -0.15) is 5.10 Å². The number of para-hydroxylation sites is 1. The van der Waals surface area contributed by atoms with Gasteiger partial charge in [0.1, 0.15) is 5.75 Å². The second-order valence-electron chi connectivity index (χ2n) is 7.86. The molecule has 0 aliphatic carbocycles. The molecule has 1 N–H and O–H groups in total. The number of nitrogens with one attached hydrogen (secondary N) is 1. The number of rotatable bonds is 6. The van der Waals surface area contributed by atoms with Crippen molar-refractivity contribution in [3.05, 3.63) is 59.7 Å². The van der Waals surface area contributed by atoms with Gasteiger partial charge in [0.05, 0.1) is 23.1 Å². The zero-order chi connectivity index (χ0) is 21.3. The van der Waals surface area contributed by atoms with Crippen LogP contribution in [0.1, 0.15) is 36.7 Å². The molecule has 4 rings (SSSR count). The van der Waals surface area contributed by atoms with Crippen LogP contribution in [-0.4, -0.2) is 27.3 Å². The second kappa shape index (κ2) is 8.14. The number of anilines is 1. The van der Waals surface area contributed by atoms with Crippen LogP contribution in [0.4, 0.5) is 5.82 Å². The fourth-order valence-corrected chi connectivity index (χ4v) is 3.55. The summed E-state index contributed by atoms with van der Waals surface area (Å²) in [6, 6.07) is 15.5. The van der Waals surface area contributed by atoms with Crippen molar-refractivity contribution in [2.75, 3.05) is 11.9 Å². The van der Waals surface area contributed by atoms with E-state index in [0.717, 1.165) is 27.5 Å². The van der Waals surface area contributed by atoms with Gasteiger partial charge < -0.3 is 10.1 Å². The van der Waals surface area contributed by atoms with Crippen molar-refractivity contribution in [1.82, 2.24) is 14.8 Å². The molecule has 6 nitrogen and oxygen atoms in total. The van der Waals surface area contributed by atoms with Crippen LogP contribution in [0.15, 0.2) is 48.5 Å². The zero-order valence-corrected chi connectivity index (χ0v) is 17.8. The molecule has 2 aromatic carbocycles. The summed E-state index contributed by atoms with van der Waals surface area (Å²) in [4.78, 5) is 17.9. The first-order valence-electron chi connectivity index (χ1n) is 10.3. The Labute approximate surface area is 175 Å². The van der Waals surface area contributed by atoms with Gasteiger partial charge in [0.25, 0.3) is 5.91 Å². The third-order valence-corrected chi connectivity index (χ3v) is 4.87. The number of amides is 1. The van der Waals surface area contributed by atoms with Crippen molar-refractivity contribution in [2.45, 2.75) is 34.2 Å². The molecule has 0 bridgehead atoms. The van der Waals surface area contributed by atoms with Crippen molar-refractivity contribution in [2.24, 2.45) is 5.92 Å². The molecule has 0 saturated heterocycles. The van der Waals surface area contributed by atoms with Crippen molar-refractivity contribution < 1.29 is 9.53 Å². The van der Waals surface area contributed by atoms with Crippen LogP contribution in [0, 0.1) is 12.8 Å². The van der Waals surface area contributed by atoms with Gasteiger partial charge in [-0.3, -0.25) is 4.79 Å². The molecule has 4 aromatic rings. The van der Waals surface area contributed by atoms with E-state index in [-0.39, 0.29) is 5.91 Å². The summed E-state index contributed by atoms with van der Waals surface area (Å²) in [6.45, 7) is 9.43. The molecule has 2 aromatic heterocycles. The van der Waals surface area contributed by atoms with E-state index >= 15 is 0 Å². The van der Waals surface area contributed by atoms with Crippen LogP contribution in [0.2, 0.25) is 0 Å². The van der Waals surface area contributed by atoms with E-state index < -0.39 is 0 Å². The minimum Gasteiger partial charge on any atom is -0.493 e. The summed E-state index contributed by atoms with van der Waals surface area (Å²) < 4.78 is 7.49.